The molecule has 0 aliphatic heterocycles. The van der Waals surface area contributed by atoms with Gasteiger partial charge in [-0.3, -0.25) is 14.9 Å². The van der Waals surface area contributed by atoms with Crippen molar-refractivity contribution in [3.63, 3.8) is 0 Å². The van der Waals surface area contributed by atoms with Gasteiger partial charge in [0, 0.05) is 31.4 Å². The lowest BCUT2D eigenvalue weighted by atomic mass is 10.1. The van der Waals surface area contributed by atoms with Crippen LogP contribution in [0.4, 0.5) is 5.82 Å². The lowest BCUT2D eigenvalue weighted by molar-refractivity contribution is -0.850. The van der Waals surface area contributed by atoms with Crippen molar-refractivity contribution in [2.45, 2.75) is 13.0 Å². The smallest absolute Gasteiger partial charge is 0.323 e. The zero-order valence-corrected chi connectivity index (χ0v) is 18.1. The first-order valence-corrected chi connectivity index (χ1v) is 11.7. The van der Waals surface area contributed by atoms with Gasteiger partial charge in [0.1, 0.15) is 18.4 Å². The number of pyridine rings is 2. The summed E-state index contributed by atoms with van der Waals surface area (Å²) in [6.07, 6.45) is 3.61. The molecule has 0 aliphatic carbocycles. The molecule has 0 saturated carbocycles. The van der Waals surface area contributed by atoms with E-state index in [0.717, 1.165) is 22.5 Å². The van der Waals surface area contributed by atoms with Crippen molar-refractivity contribution in [1.29, 1.82) is 0 Å². The fourth-order valence-electron chi connectivity index (χ4n) is 3.00. The number of ether oxygens (including phenoxy) is 1. The monoisotopic (exact) mass is 452 g/mol. The summed E-state index contributed by atoms with van der Waals surface area (Å²) in [4.78, 5) is 15.8. The summed E-state index contributed by atoms with van der Waals surface area (Å²) >= 11 is 0. The van der Waals surface area contributed by atoms with Gasteiger partial charge in [-0.2, -0.15) is 0 Å². The normalized spacial score (nSPS) is 12.8. The van der Waals surface area contributed by atoms with Crippen molar-refractivity contribution in [3.8, 4) is 17.2 Å². The van der Waals surface area contributed by atoms with Crippen LogP contribution in [0.15, 0.2) is 77.6 Å². The average molecular weight is 452 g/mol. The molecule has 4 rings (SSSR count). The van der Waals surface area contributed by atoms with E-state index in [1.165, 1.54) is 6.20 Å². The molecule has 0 bridgehead atoms. The van der Waals surface area contributed by atoms with Gasteiger partial charge in [0.25, 0.3) is 0 Å². The third-order valence-corrected chi connectivity index (χ3v) is 4.94. The number of benzene rings is 1. The minimum absolute atomic E-state index is 0.0784. The highest BCUT2D eigenvalue weighted by molar-refractivity contribution is 7.50. The molecule has 3 heterocycles. The highest BCUT2D eigenvalue weighted by atomic mass is 31.2. The number of hydrogen-bond donors (Lipinski definition) is 1. The first-order valence-electron chi connectivity index (χ1n) is 9.74. The van der Waals surface area contributed by atoms with Crippen LogP contribution in [-0.4, -0.2) is 16.8 Å². The van der Waals surface area contributed by atoms with Crippen molar-refractivity contribution in [1.82, 2.24) is 10.1 Å². The van der Waals surface area contributed by atoms with Crippen LogP contribution in [0.1, 0.15) is 16.8 Å². The molecule has 0 spiro atoms. The van der Waals surface area contributed by atoms with E-state index in [0.29, 0.717) is 35.9 Å². The quantitative estimate of drug-likeness (QED) is 0.319. The Morgan fingerprint density at radius 1 is 1.12 bits per heavy atom. The molecule has 9 nitrogen and oxygen atoms in total. The van der Waals surface area contributed by atoms with E-state index in [2.05, 4.69) is 10.1 Å². The lowest BCUT2D eigenvalue weighted by Gasteiger charge is -2.16. The largest absolute Gasteiger partial charge is 0.766 e. The van der Waals surface area contributed by atoms with Gasteiger partial charge in [0.15, 0.2) is 5.76 Å². The molecular weight excluding hydrogens is 431 g/mol. The van der Waals surface area contributed by atoms with Gasteiger partial charge in [-0.25, -0.2) is 4.98 Å². The number of aromatic nitrogens is 3. The molecule has 0 fully saturated rings. The molecule has 4 aromatic rings. The van der Waals surface area contributed by atoms with Crippen LogP contribution in [0.2, 0.25) is 0 Å². The molecule has 1 unspecified atom stereocenters. The van der Waals surface area contributed by atoms with Crippen LogP contribution in [0.5, 0.6) is 5.88 Å². The standard InChI is InChI=1S/C22H21N4O5P/c1-32(27,28)31-26-11-5-8-19(22(26)23)20-13-18(25-30-20)12-17-9-10-21(24-14-17)29-15-16-6-3-2-4-7-16/h2-11,13-14,23H,12,15H2,1H3,(H,27,28). The van der Waals surface area contributed by atoms with Crippen molar-refractivity contribution in [3.05, 3.63) is 89.9 Å². The van der Waals surface area contributed by atoms with Gasteiger partial charge in [-0.05, 0) is 28.0 Å². The topological polar surface area (TPSA) is 127 Å². The van der Waals surface area contributed by atoms with Crippen molar-refractivity contribution >= 4 is 13.4 Å². The fourth-order valence-corrected chi connectivity index (χ4v) is 3.47. The lowest BCUT2D eigenvalue weighted by Crippen LogP contribution is -2.45. The number of anilines is 1. The van der Waals surface area contributed by atoms with Crippen LogP contribution in [-0.2, 0) is 17.6 Å². The number of nitrogens with two attached hydrogens (primary N) is 1. The Bertz CT molecular complexity index is 1240. The minimum Gasteiger partial charge on any atom is -0.766 e. The van der Waals surface area contributed by atoms with E-state index in [9.17, 15) is 9.46 Å². The van der Waals surface area contributed by atoms with Gasteiger partial charge in [-0.1, -0.05) is 41.6 Å². The second kappa shape index (κ2) is 9.21. The molecule has 1 atom stereocenters. The van der Waals surface area contributed by atoms with E-state index < -0.39 is 7.60 Å². The Balaban J connectivity index is 1.42. The molecule has 0 saturated heterocycles. The summed E-state index contributed by atoms with van der Waals surface area (Å²) in [6, 6.07) is 18.6. The van der Waals surface area contributed by atoms with E-state index >= 15 is 0 Å². The third-order valence-electron chi connectivity index (χ3n) is 4.47. The van der Waals surface area contributed by atoms with E-state index in [-0.39, 0.29) is 5.82 Å². The zero-order chi connectivity index (χ0) is 22.6. The Kier molecular flexibility index (Phi) is 6.20. The Labute approximate surface area is 184 Å². The minimum atomic E-state index is -4.02. The van der Waals surface area contributed by atoms with Gasteiger partial charge in [0.2, 0.25) is 13.5 Å². The maximum absolute atomic E-state index is 11.4. The molecule has 0 amide bonds. The highest BCUT2D eigenvalue weighted by Crippen LogP contribution is 2.28. The van der Waals surface area contributed by atoms with Gasteiger partial charge in [-0.15, -0.1) is 0 Å². The maximum Gasteiger partial charge on any atom is 0.323 e. The molecular formula is C22H21N4O5P. The molecule has 3 aromatic heterocycles. The fraction of sp³-hybridized carbons (Fsp3) is 0.136. The highest BCUT2D eigenvalue weighted by Gasteiger charge is 2.20. The molecule has 10 heteroatoms. The number of rotatable bonds is 8. The third kappa shape index (κ3) is 5.51. The van der Waals surface area contributed by atoms with Crippen molar-refractivity contribution in [2.24, 2.45) is 0 Å². The molecule has 0 radical (unpaired) electrons. The molecule has 164 valence electrons. The van der Waals surface area contributed by atoms with Crippen LogP contribution in [0, 0.1) is 0 Å². The van der Waals surface area contributed by atoms with Crippen LogP contribution in [0.3, 0.4) is 0 Å². The Hall–Kier alpha value is -3.68. The predicted molar refractivity (Wildman–Crippen MR) is 114 cm³/mol. The van der Waals surface area contributed by atoms with E-state index in [1.54, 1.807) is 30.5 Å². The Morgan fingerprint density at radius 3 is 2.66 bits per heavy atom. The van der Waals surface area contributed by atoms with E-state index in [1.807, 2.05) is 36.4 Å². The summed E-state index contributed by atoms with van der Waals surface area (Å²) in [6.45, 7) is 1.41. The summed E-state index contributed by atoms with van der Waals surface area (Å²) in [7, 11) is -4.02. The maximum atomic E-state index is 11.4. The summed E-state index contributed by atoms with van der Waals surface area (Å²) in [5, 5.41) is 4.08. The van der Waals surface area contributed by atoms with Crippen molar-refractivity contribution < 1.29 is 28.1 Å². The van der Waals surface area contributed by atoms with Gasteiger partial charge >= 0.3 is 5.82 Å². The molecule has 2 N–H and O–H groups in total. The molecule has 1 aromatic carbocycles. The molecule has 32 heavy (non-hydrogen) atoms. The van der Waals surface area contributed by atoms with Crippen LogP contribution < -0.4 is 24.7 Å². The van der Waals surface area contributed by atoms with Gasteiger partial charge < -0.3 is 14.2 Å². The first kappa shape index (κ1) is 21.5. The average Bonchev–Trinajstić information content (AvgIpc) is 3.23. The van der Waals surface area contributed by atoms with Crippen LogP contribution >= 0.6 is 7.60 Å². The summed E-state index contributed by atoms with van der Waals surface area (Å²) < 4.78 is 28.4. The molecule has 0 aliphatic rings. The zero-order valence-electron chi connectivity index (χ0n) is 17.2. The number of nitrogens with zero attached hydrogens (tertiary/aromatic N) is 3. The first-order chi connectivity index (χ1) is 15.4. The second-order valence-electron chi connectivity index (χ2n) is 7.12. The second-order valence-corrected chi connectivity index (χ2v) is 8.83. The SMILES string of the molecule is CP(=O)([O-])O[n+]1cccc(-c2cc(Cc3ccc(OCc4ccccc4)nc3)no2)c1N. The Morgan fingerprint density at radius 2 is 1.94 bits per heavy atom. The summed E-state index contributed by atoms with van der Waals surface area (Å²) in [5.74, 6) is 1.00. The number of nitrogen functional groups attached to an aromatic ring is 1. The predicted octanol–water partition coefficient (Wildman–Crippen LogP) is 2.39. The number of hydrogen-bond acceptors (Lipinski definition) is 8. The van der Waals surface area contributed by atoms with E-state index in [4.69, 9.17) is 19.6 Å². The van der Waals surface area contributed by atoms with Crippen molar-refractivity contribution in [2.75, 3.05) is 12.4 Å². The van der Waals surface area contributed by atoms with Crippen LogP contribution in [0.25, 0.3) is 11.3 Å². The summed E-state index contributed by atoms with van der Waals surface area (Å²) in [5.41, 5.74) is 9.16. The van der Waals surface area contributed by atoms with Gasteiger partial charge in [0.05, 0.1) is 5.69 Å².